The Morgan fingerprint density at radius 1 is 1.00 bits per heavy atom. The van der Waals surface area contributed by atoms with Gasteiger partial charge in [-0.2, -0.15) is 0 Å². The standard InChI is InChI=1S/C26H25FN2O3/c1-18-16-25(23-10-6-7-11-24(23)28(18)19(2)30)29(21-8-4-3-5-9-21)26(31)17-32-22-14-12-20(27)13-15-22/h3-15,18,25H,16-17H2,1-2H3/t18-,25-/m1/s1. The number of hydrogen-bond acceptors (Lipinski definition) is 3. The summed E-state index contributed by atoms with van der Waals surface area (Å²) in [7, 11) is 0. The van der Waals surface area contributed by atoms with Crippen molar-refractivity contribution in [2.24, 2.45) is 0 Å². The lowest BCUT2D eigenvalue weighted by Gasteiger charge is -2.43. The SMILES string of the molecule is CC(=O)N1c2ccccc2[C@H](N(C(=O)COc2ccc(F)cc2)c2ccccc2)C[C@H]1C. The number of benzene rings is 3. The summed E-state index contributed by atoms with van der Waals surface area (Å²) in [6.45, 7) is 3.36. The third-order valence-corrected chi connectivity index (χ3v) is 5.69. The summed E-state index contributed by atoms with van der Waals surface area (Å²) in [5.41, 5.74) is 2.49. The van der Waals surface area contributed by atoms with Gasteiger partial charge in [-0.05, 0) is 61.4 Å². The van der Waals surface area contributed by atoms with E-state index in [0.29, 0.717) is 12.2 Å². The topological polar surface area (TPSA) is 49.9 Å². The van der Waals surface area contributed by atoms with Crippen molar-refractivity contribution in [3.8, 4) is 5.75 Å². The zero-order valence-corrected chi connectivity index (χ0v) is 18.1. The Kier molecular flexibility index (Phi) is 6.21. The van der Waals surface area contributed by atoms with Crippen LogP contribution in [-0.2, 0) is 9.59 Å². The van der Waals surface area contributed by atoms with Crippen LogP contribution in [0.15, 0.2) is 78.9 Å². The second-order valence-corrected chi connectivity index (χ2v) is 7.89. The highest BCUT2D eigenvalue weighted by atomic mass is 19.1. The molecule has 0 aliphatic carbocycles. The van der Waals surface area contributed by atoms with Crippen LogP contribution in [0.25, 0.3) is 0 Å². The molecule has 5 nitrogen and oxygen atoms in total. The number of nitrogens with zero attached hydrogens (tertiary/aromatic N) is 2. The van der Waals surface area contributed by atoms with Gasteiger partial charge in [0.15, 0.2) is 6.61 Å². The maximum atomic E-state index is 13.5. The predicted octanol–water partition coefficient (Wildman–Crippen LogP) is 5.12. The minimum absolute atomic E-state index is 0.0272. The Morgan fingerprint density at radius 3 is 2.34 bits per heavy atom. The van der Waals surface area contributed by atoms with Gasteiger partial charge in [-0.1, -0.05) is 36.4 Å². The Balaban J connectivity index is 1.69. The lowest BCUT2D eigenvalue weighted by molar-refractivity contribution is -0.121. The van der Waals surface area contributed by atoms with Crippen LogP contribution in [0.3, 0.4) is 0 Å². The lowest BCUT2D eigenvalue weighted by Crippen LogP contribution is -2.48. The molecule has 1 aliphatic heterocycles. The number of rotatable bonds is 5. The van der Waals surface area contributed by atoms with Crippen molar-refractivity contribution < 1.29 is 18.7 Å². The first-order valence-corrected chi connectivity index (χ1v) is 10.6. The van der Waals surface area contributed by atoms with Gasteiger partial charge >= 0.3 is 0 Å². The normalized spacial score (nSPS) is 17.4. The molecule has 1 aliphatic rings. The molecule has 4 rings (SSSR count). The van der Waals surface area contributed by atoms with Gasteiger partial charge < -0.3 is 14.5 Å². The number of carbonyl (C=O) groups is 2. The molecule has 164 valence electrons. The number of amides is 2. The highest BCUT2D eigenvalue weighted by Crippen LogP contribution is 2.42. The zero-order valence-electron chi connectivity index (χ0n) is 18.1. The largest absolute Gasteiger partial charge is 0.484 e. The molecule has 0 N–H and O–H groups in total. The molecule has 32 heavy (non-hydrogen) atoms. The molecule has 1 heterocycles. The summed E-state index contributed by atoms with van der Waals surface area (Å²) < 4.78 is 18.9. The molecule has 0 bridgehead atoms. The molecule has 2 atom stereocenters. The Hall–Kier alpha value is -3.67. The van der Waals surface area contributed by atoms with E-state index in [0.717, 1.165) is 16.9 Å². The number of anilines is 2. The summed E-state index contributed by atoms with van der Waals surface area (Å²) in [6, 6.07) is 22.4. The van der Waals surface area contributed by atoms with Crippen LogP contribution in [0.1, 0.15) is 31.9 Å². The molecule has 2 amide bonds. The molecule has 0 fully saturated rings. The minimum Gasteiger partial charge on any atom is -0.484 e. The van der Waals surface area contributed by atoms with Crippen LogP contribution < -0.4 is 14.5 Å². The molecular formula is C26H25FN2O3. The van der Waals surface area contributed by atoms with E-state index < -0.39 is 0 Å². The van der Waals surface area contributed by atoms with Crippen molar-refractivity contribution in [2.75, 3.05) is 16.4 Å². The third kappa shape index (κ3) is 4.35. The number of fused-ring (bicyclic) bond motifs is 1. The molecule has 0 saturated carbocycles. The molecule has 3 aromatic rings. The first kappa shape index (κ1) is 21.6. The van der Waals surface area contributed by atoms with Crippen molar-refractivity contribution in [2.45, 2.75) is 32.4 Å². The Morgan fingerprint density at radius 2 is 1.66 bits per heavy atom. The van der Waals surface area contributed by atoms with E-state index in [2.05, 4.69) is 0 Å². The van der Waals surface area contributed by atoms with Crippen LogP contribution in [-0.4, -0.2) is 24.5 Å². The van der Waals surface area contributed by atoms with Crippen molar-refractivity contribution >= 4 is 23.2 Å². The number of ether oxygens (including phenoxy) is 1. The Labute approximate surface area is 187 Å². The van der Waals surface area contributed by atoms with E-state index in [1.807, 2.05) is 61.5 Å². The van der Waals surface area contributed by atoms with Crippen LogP contribution in [0.4, 0.5) is 15.8 Å². The van der Waals surface area contributed by atoms with Crippen molar-refractivity contribution in [1.29, 1.82) is 0 Å². The van der Waals surface area contributed by atoms with Gasteiger partial charge in [-0.25, -0.2) is 4.39 Å². The number of para-hydroxylation sites is 2. The average molecular weight is 432 g/mol. The molecule has 0 saturated heterocycles. The second kappa shape index (κ2) is 9.22. The summed E-state index contributed by atoms with van der Waals surface area (Å²) in [4.78, 5) is 29.3. The molecule has 0 aromatic heterocycles. The van der Waals surface area contributed by atoms with Crippen LogP contribution >= 0.6 is 0 Å². The van der Waals surface area contributed by atoms with E-state index >= 15 is 0 Å². The predicted molar refractivity (Wildman–Crippen MR) is 122 cm³/mol. The second-order valence-electron chi connectivity index (χ2n) is 7.89. The zero-order chi connectivity index (χ0) is 22.7. The van der Waals surface area contributed by atoms with E-state index in [1.54, 1.807) is 16.7 Å². The highest BCUT2D eigenvalue weighted by molar-refractivity contribution is 5.98. The maximum absolute atomic E-state index is 13.5. The average Bonchev–Trinajstić information content (AvgIpc) is 2.79. The molecule has 0 radical (unpaired) electrons. The minimum atomic E-state index is -0.364. The fourth-order valence-corrected chi connectivity index (χ4v) is 4.34. The summed E-state index contributed by atoms with van der Waals surface area (Å²) in [5.74, 6) is -0.185. The fraction of sp³-hybridized carbons (Fsp3) is 0.231. The van der Waals surface area contributed by atoms with E-state index in [-0.39, 0.29) is 36.3 Å². The monoisotopic (exact) mass is 432 g/mol. The van der Waals surface area contributed by atoms with Crippen molar-refractivity contribution in [1.82, 2.24) is 0 Å². The van der Waals surface area contributed by atoms with Crippen molar-refractivity contribution in [3.63, 3.8) is 0 Å². The molecule has 6 heteroatoms. The molecule has 3 aromatic carbocycles. The van der Waals surface area contributed by atoms with Gasteiger partial charge in [0.2, 0.25) is 5.91 Å². The smallest absolute Gasteiger partial charge is 0.265 e. The maximum Gasteiger partial charge on any atom is 0.265 e. The van der Waals surface area contributed by atoms with E-state index in [4.69, 9.17) is 4.74 Å². The van der Waals surface area contributed by atoms with Crippen LogP contribution in [0, 0.1) is 5.82 Å². The van der Waals surface area contributed by atoms with Crippen LogP contribution in [0.2, 0.25) is 0 Å². The highest BCUT2D eigenvalue weighted by Gasteiger charge is 2.37. The van der Waals surface area contributed by atoms with Gasteiger partial charge in [0.1, 0.15) is 11.6 Å². The number of halogens is 1. The Bertz CT molecular complexity index is 1100. The fourth-order valence-electron chi connectivity index (χ4n) is 4.34. The van der Waals surface area contributed by atoms with Gasteiger partial charge in [-0.3, -0.25) is 9.59 Å². The summed E-state index contributed by atoms with van der Waals surface area (Å²) in [6.07, 6.45) is 0.591. The summed E-state index contributed by atoms with van der Waals surface area (Å²) >= 11 is 0. The van der Waals surface area contributed by atoms with Gasteiger partial charge in [-0.15, -0.1) is 0 Å². The van der Waals surface area contributed by atoms with Gasteiger partial charge in [0.25, 0.3) is 5.91 Å². The molecule has 0 unspecified atom stereocenters. The number of carbonyl (C=O) groups excluding carboxylic acids is 2. The van der Waals surface area contributed by atoms with Gasteiger partial charge in [0.05, 0.1) is 6.04 Å². The quantitative estimate of drug-likeness (QED) is 0.562. The van der Waals surface area contributed by atoms with E-state index in [1.165, 1.54) is 24.3 Å². The van der Waals surface area contributed by atoms with Crippen molar-refractivity contribution in [3.05, 3.63) is 90.2 Å². The van der Waals surface area contributed by atoms with Crippen LogP contribution in [0.5, 0.6) is 5.75 Å². The molecule has 0 spiro atoms. The molecular weight excluding hydrogens is 407 g/mol. The van der Waals surface area contributed by atoms with Gasteiger partial charge in [0, 0.05) is 24.3 Å². The first-order chi connectivity index (χ1) is 15.5. The number of hydrogen-bond donors (Lipinski definition) is 0. The van der Waals surface area contributed by atoms with E-state index in [9.17, 15) is 14.0 Å². The lowest BCUT2D eigenvalue weighted by atomic mass is 9.90. The third-order valence-electron chi connectivity index (χ3n) is 5.69. The summed E-state index contributed by atoms with van der Waals surface area (Å²) in [5, 5.41) is 0. The first-order valence-electron chi connectivity index (χ1n) is 10.6.